The van der Waals surface area contributed by atoms with Crippen molar-refractivity contribution in [2.75, 3.05) is 13.7 Å². The van der Waals surface area contributed by atoms with E-state index >= 15 is 0 Å². The lowest BCUT2D eigenvalue weighted by molar-refractivity contribution is -0.250. The topological polar surface area (TPSA) is 104 Å². The smallest absolute Gasteiger partial charge is 0.163 e. The number of benzene rings is 2. The second-order valence-electron chi connectivity index (χ2n) is 7.49. The highest BCUT2D eigenvalue weighted by Gasteiger charge is 2.44. The normalized spacial score (nSPS) is 26.4. The van der Waals surface area contributed by atoms with Crippen LogP contribution in [0.2, 0.25) is 5.02 Å². The highest BCUT2D eigenvalue weighted by Crippen LogP contribution is 2.42. The van der Waals surface area contributed by atoms with Gasteiger partial charge in [0.15, 0.2) is 6.23 Å². The lowest BCUT2D eigenvalue weighted by Gasteiger charge is -2.40. The summed E-state index contributed by atoms with van der Waals surface area (Å²) in [6.45, 7) is 1.47. The average molecular weight is 466 g/mol. The fourth-order valence-corrected chi connectivity index (χ4v) is 5.15. The van der Waals surface area contributed by atoms with Gasteiger partial charge in [0.2, 0.25) is 0 Å². The zero-order valence-electron chi connectivity index (χ0n) is 17.0. The third kappa shape index (κ3) is 4.05. The lowest BCUT2D eigenvalue weighted by Crippen LogP contribution is -2.56. The van der Waals surface area contributed by atoms with Gasteiger partial charge in [-0.25, -0.2) is 0 Å². The molecule has 0 radical (unpaired) electrons. The molecule has 0 spiro atoms. The highest BCUT2D eigenvalue weighted by molar-refractivity contribution is 7.99. The van der Waals surface area contributed by atoms with Crippen LogP contribution in [0.25, 0.3) is 10.9 Å². The maximum absolute atomic E-state index is 10.6. The Morgan fingerprint density at radius 2 is 1.77 bits per heavy atom. The molecule has 2 aromatic carbocycles. The summed E-state index contributed by atoms with van der Waals surface area (Å²) in [5.74, 6) is 0.757. The number of aryl methyl sites for hydroxylation is 1. The molecule has 7 nitrogen and oxygen atoms in total. The number of hydrogen-bond acceptors (Lipinski definition) is 7. The summed E-state index contributed by atoms with van der Waals surface area (Å²) < 4.78 is 12.7. The molecule has 4 N–H and O–H groups in total. The van der Waals surface area contributed by atoms with Gasteiger partial charge in [-0.2, -0.15) is 0 Å². The first-order valence-corrected chi connectivity index (χ1v) is 11.0. The van der Waals surface area contributed by atoms with E-state index in [1.165, 1.54) is 11.8 Å². The SMILES string of the molecule is COc1ccc(Sc2cn([C@@H]3O[C@H](CO)[C@@H](O)[C@H](O)[C@H]3O)c3c(Cl)ccc(C)c23)cc1. The van der Waals surface area contributed by atoms with Gasteiger partial charge in [-0.1, -0.05) is 29.4 Å². The zero-order valence-corrected chi connectivity index (χ0v) is 18.5. The summed E-state index contributed by atoms with van der Waals surface area (Å²) in [6, 6.07) is 11.3. The molecule has 0 amide bonds. The van der Waals surface area contributed by atoms with Crippen LogP contribution in [0.3, 0.4) is 0 Å². The van der Waals surface area contributed by atoms with E-state index in [1.807, 2.05) is 43.5 Å². The summed E-state index contributed by atoms with van der Waals surface area (Å²) in [5, 5.41) is 42.0. The number of halogens is 1. The number of nitrogens with zero attached hydrogens (tertiary/aromatic N) is 1. The molecule has 31 heavy (non-hydrogen) atoms. The van der Waals surface area contributed by atoms with Crippen molar-refractivity contribution in [3.05, 3.63) is 53.2 Å². The molecule has 1 aliphatic rings. The van der Waals surface area contributed by atoms with E-state index in [4.69, 9.17) is 21.1 Å². The molecule has 2 heterocycles. The zero-order chi connectivity index (χ0) is 22.3. The van der Waals surface area contributed by atoms with E-state index in [-0.39, 0.29) is 0 Å². The minimum absolute atomic E-state index is 0.458. The van der Waals surface area contributed by atoms with Crippen LogP contribution in [0.4, 0.5) is 0 Å². The van der Waals surface area contributed by atoms with Crippen LogP contribution in [0.1, 0.15) is 11.8 Å². The Bertz CT molecular complexity index is 1070. The van der Waals surface area contributed by atoms with E-state index in [1.54, 1.807) is 17.7 Å². The first-order valence-electron chi connectivity index (χ1n) is 9.77. The Balaban J connectivity index is 1.81. The number of aromatic nitrogens is 1. The summed E-state index contributed by atoms with van der Waals surface area (Å²) in [6.07, 6.45) is -4.56. The van der Waals surface area contributed by atoms with Crippen LogP contribution < -0.4 is 4.74 Å². The predicted molar refractivity (Wildman–Crippen MR) is 118 cm³/mol. The third-order valence-electron chi connectivity index (χ3n) is 5.53. The van der Waals surface area contributed by atoms with Crippen LogP contribution in [0.15, 0.2) is 52.4 Å². The summed E-state index contributed by atoms with van der Waals surface area (Å²) in [4.78, 5) is 1.87. The number of rotatable bonds is 5. The van der Waals surface area contributed by atoms with Crippen LogP contribution >= 0.6 is 23.4 Å². The van der Waals surface area contributed by atoms with Crippen molar-refractivity contribution < 1.29 is 29.9 Å². The van der Waals surface area contributed by atoms with Crippen LogP contribution in [0, 0.1) is 6.92 Å². The Hall–Kier alpha value is -1.78. The van der Waals surface area contributed by atoms with E-state index in [0.29, 0.717) is 10.5 Å². The Labute approximate surface area is 188 Å². The summed E-state index contributed by atoms with van der Waals surface area (Å²) in [5.41, 5.74) is 1.63. The van der Waals surface area contributed by atoms with E-state index < -0.39 is 37.3 Å². The van der Waals surface area contributed by atoms with Gasteiger partial charge in [0.05, 0.1) is 24.3 Å². The number of fused-ring (bicyclic) bond motifs is 1. The van der Waals surface area contributed by atoms with Crippen LogP contribution in [0.5, 0.6) is 5.75 Å². The Kier molecular flexibility index (Phi) is 6.50. The molecule has 1 aromatic heterocycles. The van der Waals surface area contributed by atoms with Gasteiger partial charge >= 0.3 is 0 Å². The monoisotopic (exact) mass is 465 g/mol. The van der Waals surface area contributed by atoms with E-state index in [0.717, 1.165) is 26.5 Å². The minimum Gasteiger partial charge on any atom is -0.497 e. The lowest BCUT2D eigenvalue weighted by atomic mass is 9.98. The van der Waals surface area contributed by atoms with Gasteiger partial charge in [0.1, 0.15) is 30.2 Å². The largest absolute Gasteiger partial charge is 0.497 e. The quantitative estimate of drug-likeness (QED) is 0.459. The van der Waals surface area contributed by atoms with Gasteiger partial charge in [-0.3, -0.25) is 0 Å². The fourth-order valence-electron chi connectivity index (χ4n) is 3.85. The second kappa shape index (κ2) is 8.99. The third-order valence-corrected chi connectivity index (χ3v) is 6.87. The standard InChI is InChI=1S/C22H24ClNO6S/c1-11-3-8-14(23)18-17(11)16(31-13-6-4-12(29-2)5-7-13)9-24(18)22-21(28)20(27)19(26)15(10-25)30-22/h3-9,15,19-22,25-28H,10H2,1-2H3/t15-,19-,20+,21-,22-/m1/s1. The molecule has 0 unspecified atom stereocenters. The predicted octanol–water partition coefficient (Wildman–Crippen LogP) is 2.74. The summed E-state index contributed by atoms with van der Waals surface area (Å²) in [7, 11) is 1.61. The fraction of sp³-hybridized carbons (Fsp3) is 0.364. The number of ether oxygens (including phenoxy) is 2. The number of aliphatic hydroxyl groups is 4. The van der Waals surface area contributed by atoms with Gasteiger partial charge < -0.3 is 34.5 Å². The molecule has 1 fully saturated rings. The van der Waals surface area contributed by atoms with Crippen molar-refractivity contribution in [3.8, 4) is 5.75 Å². The molecule has 1 saturated heterocycles. The van der Waals surface area contributed by atoms with Crippen LogP contribution in [-0.2, 0) is 4.74 Å². The number of aliphatic hydroxyl groups excluding tert-OH is 4. The minimum atomic E-state index is -1.48. The van der Waals surface area contributed by atoms with Crippen molar-refractivity contribution in [1.29, 1.82) is 0 Å². The van der Waals surface area contributed by atoms with Crippen molar-refractivity contribution in [1.82, 2.24) is 4.57 Å². The Morgan fingerprint density at radius 1 is 1.06 bits per heavy atom. The van der Waals surface area contributed by atoms with Crippen molar-refractivity contribution >= 4 is 34.3 Å². The maximum Gasteiger partial charge on any atom is 0.163 e. The van der Waals surface area contributed by atoms with Crippen LogP contribution in [-0.4, -0.2) is 63.1 Å². The average Bonchev–Trinajstić information content (AvgIpc) is 3.15. The first-order chi connectivity index (χ1) is 14.8. The molecule has 1 aliphatic heterocycles. The molecule has 3 aromatic rings. The molecular weight excluding hydrogens is 442 g/mol. The first kappa shape index (κ1) is 22.4. The highest BCUT2D eigenvalue weighted by atomic mass is 35.5. The molecule has 5 atom stereocenters. The van der Waals surface area contributed by atoms with Gasteiger partial charge in [-0.15, -0.1) is 0 Å². The van der Waals surface area contributed by atoms with Gasteiger partial charge in [0.25, 0.3) is 0 Å². The number of methoxy groups -OCH3 is 1. The molecule has 166 valence electrons. The molecule has 0 bridgehead atoms. The Morgan fingerprint density at radius 3 is 2.42 bits per heavy atom. The van der Waals surface area contributed by atoms with Crippen molar-refractivity contribution in [3.63, 3.8) is 0 Å². The molecule has 9 heteroatoms. The second-order valence-corrected chi connectivity index (χ2v) is 9.01. The van der Waals surface area contributed by atoms with E-state index in [2.05, 4.69) is 0 Å². The van der Waals surface area contributed by atoms with Crippen molar-refractivity contribution in [2.45, 2.75) is 47.4 Å². The summed E-state index contributed by atoms with van der Waals surface area (Å²) >= 11 is 8.07. The van der Waals surface area contributed by atoms with Gasteiger partial charge in [-0.05, 0) is 42.8 Å². The molecule has 4 rings (SSSR count). The molecular formula is C22H24ClNO6S. The number of hydrogen-bond donors (Lipinski definition) is 4. The van der Waals surface area contributed by atoms with Crippen molar-refractivity contribution in [2.24, 2.45) is 0 Å². The van der Waals surface area contributed by atoms with E-state index in [9.17, 15) is 20.4 Å². The molecule has 0 aliphatic carbocycles. The molecule has 0 saturated carbocycles. The van der Waals surface area contributed by atoms with Gasteiger partial charge in [0, 0.05) is 21.4 Å². The maximum atomic E-state index is 10.6.